The number of nitrogens with one attached hydrogen (secondary N) is 2. The summed E-state index contributed by atoms with van der Waals surface area (Å²) in [6.07, 6.45) is 1.76. The number of aromatic nitrogens is 7. The predicted octanol–water partition coefficient (Wildman–Crippen LogP) is 4.52. The van der Waals surface area contributed by atoms with Gasteiger partial charge in [0, 0.05) is 19.3 Å². The average Bonchev–Trinajstić information content (AvgIpc) is 3.37. The Morgan fingerprint density at radius 2 is 2.09 bits per heavy atom. The van der Waals surface area contributed by atoms with Gasteiger partial charge >= 0.3 is 0 Å². The van der Waals surface area contributed by atoms with E-state index in [2.05, 4.69) is 32.2 Å². The van der Waals surface area contributed by atoms with Gasteiger partial charge in [0.25, 0.3) is 5.91 Å². The molecule has 32 heavy (non-hydrogen) atoms. The fourth-order valence-corrected chi connectivity index (χ4v) is 4.72. The number of nitrogens with zero attached hydrogens (tertiary/aromatic N) is 6. The second kappa shape index (κ2) is 8.40. The van der Waals surface area contributed by atoms with E-state index in [-0.39, 0.29) is 11.8 Å². The van der Waals surface area contributed by atoms with Gasteiger partial charge in [0.15, 0.2) is 21.4 Å². The van der Waals surface area contributed by atoms with Gasteiger partial charge in [0.05, 0.1) is 27.2 Å². The van der Waals surface area contributed by atoms with Gasteiger partial charge in [-0.15, -0.1) is 6.58 Å². The van der Waals surface area contributed by atoms with Crippen LogP contribution in [0.1, 0.15) is 47.2 Å². The van der Waals surface area contributed by atoms with Gasteiger partial charge in [0.2, 0.25) is 0 Å². The van der Waals surface area contributed by atoms with Gasteiger partial charge in [-0.05, 0) is 38.0 Å². The number of H-pyrrole nitrogens is 1. The number of hydrogen-bond donors (Lipinski definition) is 2. The van der Waals surface area contributed by atoms with Crippen LogP contribution in [0.2, 0.25) is 0 Å². The second-order valence-corrected chi connectivity index (χ2v) is 9.18. The Bertz CT molecular complexity index is 1410. The summed E-state index contributed by atoms with van der Waals surface area (Å²) in [6.45, 7) is 12.2. The van der Waals surface area contributed by atoms with Crippen LogP contribution in [-0.2, 0) is 13.6 Å². The summed E-state index contributed by atoms with van der Waals surface area (Å²) in [6, 6.07) is 1.84. The molecule has 0 aliphatic carbocycles. The molecule has 0 saturated heterocycles. The Morgan fingerprint density at radius 3 is 2.78 bits per heavy atom. The fourth-order valence-electron chi connectivity index (χ4n) is 3.55. The Hall–Kier alpha value is -3.18. The summed E-state index contributed by atoms with van der Waals surface area (Å²) in [5, 5.41) is 15.8. The van der Waals surface area contributed by atoms with Crippen LogP contribution < -0.4 is 5.32 Å². The fraction of sp³-hybridized carbons (Fsp3) is 0.333. The van der Waals surface area contributed by atoms with Crippen molar-refractivity contribution in [2.75, 3.05) is 5.32 Å². The van der Waals surface area contributed by atoms with E-state index in [0.717, 1.165) is 27.3 Å². The Kier molecular flexibility index (Phi) is 5.78. The first-order chi connectivity index (χ1) is 15.2. The van der Waals surface area contributed by atoms with Crippen LogP contribution in [-0.4, -0.2) is 40.4 Å². The van der Waals surface area contributed by atoms with Gasteiger partial charge in [-0.25, -0.2) is 9.97 Å². The minimum Gasteiger partial charge on any atom is -0.298 e. The first-order valence-electron chi connectivity index (χ1n) is 10.1. The lowest BCUT2D eigenvalue weighted by Gasteiger charge is -2.10. The third kappa shape index (κ3) is 3.78. The van der Waals surface area contributed by atoms with Gasteiger partial charge in [-0.3, -0.25) is 24.5 Å². The Labute approximate surface area is 194 Å². The van der Waals surface area contributed by atoms with Crippen LogP contribution in [0.4, 0.5) is 5.13 Å². The maximum atomic E-state index is 13.3. The molecular formula is C21H24N8OS2. The molecule has 1 amide bonds. The van der Waals surface area contributed by atoms with E-state index < -0.39 is 0 Å². The maximum Gasteiger partial charge on any atom is 0.258 e. The van der Waals surface area contributed by atoms with Gasteiger partial charge < -0.3 is 0 Å². The van der Waals surface area contributed by atoms with E-state index >= 15 is 0 Å². The number of amides is 1. The molecule has 0 saturated carbocycles. The summed E-state index contributed by atoms with van der Waals surface area (Å²) < 4.78 is 4.06. The number of allylic oxidation sites excluding steroid dienone is 1. The van der Waals surface area contributed by atoms with Crippen LogP contribution >= 0.6 is 23.6 Å². The predicted molar refractivity (Wildman–Crippen MR) is 129 cm³/mol. The molecule has 0 aliphatic rings. The zero-order valence-electron chi connectivity index (χ0n) is 18.6. The number of aryl methyl sites for hydroxylation is 3. The van der Waals surface area contributed by atoms with Crippen molar-refractivity contribution in [1.29, 1.82) is 0 Å². The number of hydrogen-bond acceptors (Lipinski definition) is 7. The van der Waals surface area contributed by atoms with Crippen molar-refractivity contribution in [3.05, 3.63) is 46.1 Å². The molecule has 11 heteroatoms. The van der Waals surface area contributed by atoms with Crippen LogP contribution in [0.25, 0.3) is 21.7 Å². The number of anilines is 1. The highest BCUT2D eigenvalue weighted by Crippen LogP contribution is 2.33. The van der Waals surface area contributed by atoms with E-state index in [9.17, 15) is 4.79 Å². The molecule has 4 rings (SSSR count). The molecule has 0 fully saturated rings. The summed E-state index contributed by atoms with van der Waals surface area (Å²) in [4.78, 5) is 23.4. The van der Waals surface area contributed by atoms with Crippen molar-refractivity contribution in [3.63, 3.8) is 0 Å². The van der Waals surface area contributed by atoms with Gasteiger partial charge in [-0.2, -0.15) is 10.2 Å². The van der Waals surface area contributed by atoms with E-state index in [1.54, 1.807) is 10.8 Å². The largest absolute Gasteiger partial charge is 0.298 e. The second-order valence-electron chi connectivity index (χ2n) is 7.80. The molecule has 4 heterocycles. The molecule has 166 valence electrons. The molecule has 2 N–H and O–H groups in total. The molecule has 0 bridgehead atoms. The number of thiazole rings is 1. The number of carbonyl (C=O) groups excluding carboxylic acids is 1. The summed E-state index contributed by atoms with van der Waals surface area (Å²) in [5.41, 5.74) is 3.57. The SMILES string of the molecule is C=CCn1c(-c2sc(NC(=O)c3cc(C(C)C)nc4c3c(C)nn4C)nc2C)n[nH]c1=S. The van der Waals surface area contributed by atoms with Crippen molar-refractivity contribution < 1.29 is 4.79 Å². The quantitative estimate of drug-likeness (QED) is 0.318. The lowest BCUT2D eigenvalue weighted by molar-refractivity contribution is 0.102. The third-order valence-corrected chi connectivity index (χ3v) is 6.50. The van der Waals surface area contributed by atoms with Crippen molar-refractivity contribution in [2.24, 2.45) is 7.05 Å². The van der Waals surface area contributed by atoms with Crippen molar-refractivity contribution in [2.45, 2.75) is 40.2 Å². The van der Waals surface area contributed by atoms with E-state index in [1.807, 2.05) is 45.4 Å². The smallest absolute Gasteiger partial charge is 0.258 e. The number of carbonyl (C=O) groups is 1. The first-order valence-corrected chi connectivity index (χ1v) is 11.3. The summed E-state index contributed by atoms with van der Waals surface area (Å²) in [5.74, 6) is 0.588. The molecule has 0 spiro atoms. The number of rotatable bonds is 6. The normalized spacial score (nSPS) is 11.4. The molecule has 4 aromatic heterocycles. The summed E-state index contributed by atoms with van der Waals surface area (Å²) >= 11 is 6.66. The zero-order valence-corrected chi connectivity index (χ0v) is 20.2. The standard InChI is InChI=1S/C21H24N8OS2/c1-7-8-29-18(25-26-21(29)31)16-12(5)22-20(32-16)24-19(30)13-9-14(10(2)3)23-17-15(13)11(4)27-28(17)6/h7,9-10H,1,8H2,2-6H3,(H,26,31)(H,22,24,30). The molecule has 4 aromatic rings. The zero-order chi connectivity index (χ0) is 23.2. The van der Waals surface area contributed by atoms with Crippen molar-refractivity contribution in [3.8, 4) is 10.7 Å². The van der Waals surface area contributed by atoms with E-state index in [1.165, 1.54) is 11.3 Å². The third-order valence-electron chi connectivity index (χ3n) is 5.11. The van der Waals surface area contributed by atoms with Crippen molar-refractivity contribution >= 4 is 45.6 Å². The molecule has 0 aliphatic heterocycles. The van der Waals surface area contributed by atoms with Crippen LogP contribution in [0.3, 0.4) is 0 Å². The molecular weight excluding hydrogens is 444 g/mol. The minimum atomic E-state index is -0.249. The summed E-state index contributed by atoms with van der Waals surface area (Å²) in [7, 11) is 1.83. The highest BCUT2D eigenvalue weighted by Gasteiger charge is 2.22. The molecule has 0 unspecified atom stereocenters. The molecule has 0 radical (unpaired) electrons. The average molecular weight is 469 g/mol. The molecule has 0 atom stereocenters. The van der Waals surface area contributed by atoms with E-state index in [0.29, 0.717) is 33.5 Å². The van der Waals surface area contributed by atoms with Crippen LogP contribution in [0.5, 0.6) is 0 Å². The lowest BCUT2D eigenvalue weighted by atomic mass is 10.0. The molecule has 0 aromatic carbocycles. The topological polar surface area (TPSA) is 106 Å². The number of pyridine rings is 1. The van der Waals surface area contributed by atoms with Crippen LogP contribution in [0.15, 0.2) is 18.7 Å². The minimum absolute atomic E-state index is 0.169. The number of aromatic amines is 1. The van der Waals surface area contributed by atoms with E-state index in [4.69, 9.17) is 17.2 Å². The Morgan fingerprint density at radius 1 is 1.34 bits per heavy atom. The monoisotopic (exact) mass is 468 g/mol. The molecule has 9 nitrogen and oxygen atoms in total. The highest BCUT2D eigenvalue weighted by molar-refractivity contribution is 7.71. The van der Waals surface area contributed by atoms with Gasteiger partial charge in [0.1, 0.15) is 0 Å². The lowest BCUT2D eigenvalue weighted by Crippen LogP contribution is -2.14. The highest BCUT2D eigenvalue weighted by atomic mass is 32.1. The maximum absolute atomic E-state index is 13.3. The van der Waals surface area contributed by atoms with Gasteiger partial charge in [-0.1, -0.05) is 31.3 Å². The number of fused-ring (bicyclic) bond motifs is 1. The Balaban J connectivity index is 1.73. The van der Waals surface area contributed by atoms with Crippen molar-refractivity contribution in [1.82, 2.24) is 34.5 Å². The first kappa shape index (κ1) is 22.0. The van der Waals surface area contributed by atoms with Crippen LogP contribution in [0, 0.1) is 18.6 Å².